The number of benzene rings is 1. The molecular formula is C12H19BrN2O. The first kappa shape index (κ1) is 13.5. The molecule has 1 rings (SSSR count). The van der Waals surface area contributed by atoms with E-state index in [1.54, 1.807) is 6.92 Å². The normalized spacial score (nSPS) is 12.6. The Morgan fingerprint density at radius 1 is 1.50 bits per heavy atom. The molecule has 0 amide bonds. The Labute approximate surface area is 106 Å². The van der Waals surface area contributed by atoms with Gasteiger partial charge in [-0.25, -0.2) is 0 Å². The molecule has 4 heteroatoms. The van der Waals surface area contributed by atoms with Gasteiger partial charge in [0.15, 0.2) is 0 Å². The molecule has 0 radical (unpaired) electrons. The summed E-state index contributed by atoms with van der Waals surface area (Å²) in [5.74, 6) is 0. The van der Waals surface area contributed by atoms with Crippen LogP contribution in [0.4, 0.5) is 5.69 Å². The van der Waals surface area contributed by atoms with E-state index in [0.29, 0.717) is 6.54 Å². The maximum Gasteiger partial charge on any atom is 0.0686 e. The van der Waals surface area contributed by atoms with Crippen molar-refractivity contribution in [2.75, 3.05) is 25.5 Å². The number of halogens is 1. The minimum atomic E-state index is -0.327. The molecule has 0 aliphatic heterocycles. The van der Waals surface area contributed by atoms with Crippen molar-refractivity contribution in [3.8, 4) is 0 Å². The molecule has 1 aromatic rings. The van der Waals surface area contributed by atoms with Gasteiger partial charge in [0.25, 0.3) is 0 Å². The Morgan fingerprint density at radius 2 is 2.19 bits per heavy atom. The van der Waals surface area contributed by atoms with Crippen molar-refractivity contribution in [1.29, 1.82) is 0 Å². The quantitative estimate of drug-likeness (QED) is 0.869. The van der Waals surface area contributed by atoms with Crippen molar-refractivity contribution in [1.82, 2.24) is 5.32 Å². The predicted molar refractivity (Wildman–Crippen MR) is 71.9 cm³/mol. The van der Waals surface area contributed by atoms with E-state index < -0.39 is 0 Å². The van der Waals surface area contributed by atoms with Gasteiger partial charge in [-0.15, -0.1) is 0 Å². The van der Waals surface area contributed by atoms with Crippen LogP contribution in [-0.2, 0) is 6.54 Å². The molecule has 0 saturated heterocycles. The van der Waals surface area contributed by atoms with Crippen LogP contribution in [0.5, 0.6) is 0 Å². The molecule has 3 nitrogen and oxygen atoms in total. The SMILES string of the molecule is CNCc1ccc(Br)cc1N(C)CC(C)O. The molecule has 0 bridgehead atoms. The van der Waals surface area contributed by atoms with Crippen molar-refractivity contribution in [3.05, 3.63) is 28.2 Å². The first-order chi connectivity index (χ1) is 7.54. The molecule has 90 valence electrons. The highest BCUT2D eigenvalue weighted by molar-refractivity contribution is 9.10. The molecule has 2 N–H and O–H groups in total. The summed E-state index contributed by atoms with van der Waals surface area (Å²) < 4.78 is 1.06. The second-order valence-electron chi connectivity index (χ2n) is 4.03. The fraction of sp³-hybridized carbons (Fsp3) is 0.500. The van der Waals surface area contributed by atoms with Crippen LogP contribution < -0.4 is 10.2 Å². The number of hydrogen-bond acceptors (Lipinski definition) is 3. The van der Waals surface area contributed by atoms with E-state index in [1.165, 1.54) is 5.56 Å². The van der Waals surface area contributed by atoms with Gasteiger partial charge in [0.05, 0.1) is 6.10 Å². The van der Waals surface area contributed by atoms with Gasteiger partial charge in [-0.05, 0) is 31.7 Å². The number of aliphatic hydroxyl groups excluding tert-OH is 1. The third-order valence-corrected chi connectivity index (χ3v) is 2.86. The van der Waals surface area contributed by atoms with Crippen LogP contribution in [-0.4, -0.2) is 31.9 Å². The van der Waals surface area contributed by atoms with Crippen LogP contribution in [0.25, 0.3) is 0 Å². The Kier molecular flexibility index (Phi) is 5.25. The van der Waals surface area contributed by atoms with Gasteiger partial charge in [0.1, 0.15) is 0 Å². The molecule has 1 aromatic carbocycles. The minimum Gasteiger partial charge on any atom is -0.392 e. The van der Waals surface area contributed by atoms with E-state index in [2.05, 4.69) is 38.3 Å². The van der Waals surface area contributed by atoms with E-state index in [9.17, 15) is 5.11 Å². The van der Waals surface area contributed by atoms with Crippen molar-refractivity contribution in [2.24, 2.45) is 0 Å². The molecule has 0 aliphatic rings. The van der Waals surface area contributed by atoms with Gasteiger partial charge in [-0.2, -0.15) is 0 Å². The van der Waals surface area contributed by atoms with Crippen LogP contribution >= 0.6 is 15.9 Å². The average Bonchev–Trinajstić information content (AvgIpc) is 2.20. The van der Waals surface area contributed by atoms with Crippen molar-refractivity contribution >= 4 is 21.6 Å². The topological polar surface area (TPSA) is 35.5 Å². The second-order valence-corrected chi connectivity index (χ2v) is 4.95. The highest BCUT2D eigenvalue weighted by atomic mass is 79.9. The Hall–Kier alpha value is -0.580. The Bertz CT molecular complexity index is 342. The molecule has 0 saturated carbocycles. The fourth-order valence-corrected chi connectivity index (χ4v) is 2.08. The molecule has 0 fully saturated rings. The van der Waals surface area contributed by atoms with Crippen molar-refractivity contribution < 1.29 is 5.11 Å². The summed E-state index contributed by atoms with van der Waals surface area (Å²) in [7, 11) is 3.92. The van der Waals surface area contributed by atoms with Gasteiger partial charge >= 0.3 is 0 Å². The first-order valence-corrected chi connectivity index (χ1v) is 6.16. The zero-order valence-electron chi connectivity index (χ0n) is 10.00. The number of nitrogens with zero attached hydrogens (tertiary/aromatic N) is 1. The smallest absolute Gasteiger partial charge is 0.0686 e. The highest BCUT2D eigenvalue weighted by Crippen LogP contribution is 2.24. The number of aliphatic hydroxyl groups is 1. The molecule has 0 spiro atoms. The lowest BCUT2D eigenvalue weighted by molar-refractivity contribution is 0.201. The summed E-state index contributed by atoms with van der Waals surface area (Å²) in [5, 5.41) is 12.6. The monoisotopic (exact) mass is 286 g/mol. The lowest BCUT2D eigenvalue weighted by Gasteiger charge is -2.24. The van der Waals surface area contributed by atoms with E-state index >= 15 is 0 Å². The van der Waals surface area contributed by atoms with E-state index in [4.69, 9.17) is 0 Å². The fourth-order valence-electron chi connectivity index (χ4n) is 1.73. The third-order valence-electron chi connectivity index (χ3n) is 2.36. The maximum absolute atomic E-state index is 9.41. The molecule has 0 heterocycles. The summed E-state index contributed by atoms with van der Waals surface area (Å²) in [4.78, 5) is 2.07. The van der Waals surface area contributed by atoms with Crippen molar-refractivity contribution in [3.63, 3.8) is 0 Å². The molecule has 1 atom stereocenters. The summed E-state index contributed by atoms with van der Waals surface area (Å²) >= 11 is 3.47. The van der Waals surface area contributed by atoms with Crippen LogP contribution in [0.3, 0.4) is 0 Å². The summed E-state index contributed by atoms with van der Waals surface area (Å²) in [6.07, 6.45) is -0.327. The summed E-state index contributed by atoms with van der Waals surface area (Å²) in [5.41, 5.74) is 2.37. The largest absolute Gasteiger partial charge is 0.392 e. The van der Waals surface area contributed by atoms with Crippen LogP contribution in [0, 0.1) is 0 Å². The highest BCUT2D eigenvalue weighted by Gasteiger charge is 2.09. The maximum atomic E-state index is 9.41. The van der Waals surface area contributed by atoms with Gasteiger partial charge < -0.3 is 15.3 Å². The molecule has 16 heavy (non-hydrogen) atoms. The van der Waals surface area contributed by atoms with E-state index in [0.717, 1.165) is 16.7 Å². The summed E-state index contributed by atoms with van der Waals surface area (Å²) in [6, 6.07) is 6.20. The molecule has 0 aliphatic carbocycles. The van der Waals surface area contributed by atoms with Gasteiger partial charge in [-0.3, -0.25) is 0 Å². The summed E-state index contributed by atoms with van der Waals surface area (Å²) in [6.45, 7) is 3.26. The van der Waals surface area contributed by atoms with E-state index in [-0.39, 0.29) is 6.10 Å². The lowest BCUT2D eigenvalue weighted by atomic mass is 10.1. The first-order valence-electron chi connectivity index (χ1n) is 5.36. The van der Waals surface area contributed by atoms with Gasteiger partial charge in [0.2, 0.25) is 0 Å². The number of likely N-dealkylation sites (N-methyl/N-ethyl adjacent to an activating group) is 1. The lowest BCUT2D eigenvalue weighted by Crippen LogP contribution is -2.28. The number of nitrogens with one attached hydrogen (secondary N) is 1. The predicted octanol–water partition coefficient (Wildman–Crippen LogP) is 1.99. The zero-order valence-corrected chi connectivity index (χ0v) is 11.6. The average molecular weight is 287 g/mol. The van der Waals surface area contributed by atoms with Crippen LogP contribution in [0.2, 0.25) is 0 Å². The molecule has 0 aromatic heterocycles. The Balaban J connectivity index is 2.94. The van der Waals surface area contributed by atoms with Crippen molar-refractivity contribution in [2.45, 2.75) is 19.6 Å². The second kappa shape index (κ2) is 6.23. The van der Waals surface area contributed by atoms with Gasteiger partial charge in [-0.1, -0.05) is 22.0 Å². The van der Waals surface area contributed by atoms with Crippen LogP contribution in [0.15, 0.2) is 22.7 Å². The number of hydrogen-bond donors (Lipinski definition) is 2. The zero-order chi connectivity index (χ0) is 12.1. The van der Waals surface area contributed by atoms with Crippen LogP contribution in [0.1, 0.15) is 12.5 Å². The molecule has 1 unspecified atom stereocenters. The third kappa shape index (κ3) is 3.77. The number of rotatable bonds is 5. The van der Waals surface area contributed by atoms with E-state index in [1.807, 2.05) is 20.2 Å². The minimum absolute atomic E-state index is 0.327. The van der Waals surface area contributed by atoms with Gasteiger partial charge in [0, 0.05) is 30.3 Å². The standard InChI is InChI=1S/C12H19BrN2O/c1-9(16)8-15(3)12-6-11(13)5-4-10(12)7-14-2/h4-6,9,14,16H,7-8H2,1-3H3. The Morgan fingerprint density at radius 3 is 2.75 bits per heavy atom. The number of anilines is 1. The molecular weight excluding hydrogens is 268 g/mol.